The topological polar surface area (TPSA) is 126 Å². The summed E-state index contributed by atoms with van der Waals surface area (Å²) in [7, 11) is -7.26. The van der Waals surface area contributed by atoms with Gasteiger partial charge in [-0.2, -0.15) is 0 Å². The smallest absolute Gasteiger partial charge is 0.672 e. The second kappa shape index (κ2) is 16.5. The molecule has 52 valence electrons. The average Bonchev–Trinajstić information content (AvgIpc) is 1.25. The summed E-state index contributed by atoms with van der Waals surface area (Å²) in [6.45, 7) is 0. The summed E-state index contributed by atoms with van der Waals surface area (Å²) in [5, 5.41) is 0. The first-order valence-corrected chi connectivity index (χ1v) is 3.67. The van der Waals surface area contributed by atoms with Crippen LogP contribution in [-0.2, 0) is 61.0 Å². The van der Waals surface area contributed by atoms with Gasteiger partial charge in [0, 0.05) is 44.2 Å². The molecule has 0 amide bonds. The Balaban J connectivity index is -0.0000000300. The Morgan fingerprint density at radius 2 is 0.800 bits per heavy atom. The second-order valence-corrected chi connectivity index (χ2v) is 1.50. The second-order valence-electron chi connectivity index (χ2n) is 0.500. The van der Waals surface area contributed by atoms with E-state index < -0.39 is 18.3 Å². The van der Waals surface area contributed by atoms with Crippen LogP contribution in [0.2, 0.25) is 0 Å². The third-order valence-corrected chi connectivity index (χ3v) is 0. The van der Waals surface area contributed by atoms with Crippen molar-refractivity contribution in [3.63, 3.8) is 0 Å². The third kappa shape index (κ3) is 588. The van der Waals surface area contributed by atoms with Crippen molar-refractivity contribution in [2.45, 2.75) is 0 Å². The van der Waals surface area contributed by atoms with Gasteiger partial charge in [0.2, 0.25) is 0 Å². The molecule has 0 fully saturated rings. The molecule has 0 aromatic rings. The normalized spacial score (nSPS) is 4.80. The maximum Gasteiger partial charge on any atom is 4.00 e. The fourth-order valence-corrected chi connectivity index (χ4v) is 0. The summed E-state index contributed by atoms with van der Waals surface area (Å²) in [6, 6.07) is 0. The molecule has 0 atom stereocenters. The van der Waals surface area contributed by atoms with Crippen LogP contribution in [0.25, 0.3) is 0 Å². The Hall–Kier alpha value is 0.987. The molecular weight excluding hydrogens is 422 g/mol. The van der Waals surface area contributed by atoms with Crippen molar-refractivity contribution in [1.29, 1.82) is 0 Å². The third-order valence-electron chi connectivity index (χ3n) is 0. The Kier molecular flexibility index (Phi) is 37.1. The summed E-state index contributed by atoms with van der Waals surface area (Å²) in [4.78, 5) is 34.1. The zero-order valence-corrected chi connectivity index (χ0v) is 12.5. The Morgan fingerprint density at radius 3 is 0.800 bits per heavy atom. The Bertz CT molecular complexity index is 73.7. The van der Waals surface area contributed by atoms with Gasteiger partial charge in [-0.05, 0) is 0 Å². The summed E-state index contributed by atoms with van der Waals surface area (Å²) in [6.07, 6.45) is 0. The SMILES string of the molecule is O=[Si]([O-])[O-].O=[Si]([O-])[O-].[Hf].[Zr+4]. The van der Waals surface area contributed by atoms with Crippen LogP contribution in [0.5, 0.6) is 0 Å². The largest absolute Gasteiger partial charge is 4.00 e. The molecule has 10 heteroatoms. The van der Waals surface area contributed by atoms with Crippen LogP contribution in [0.4, 0.5) is 0 Å². The van der Waals surface area contributed by atoms with Gasteiger partial charge in [-0.25, -0.2) is 0 Å². The molecule has 0 N–H and O–H groups in total. The van der Waals surface area contributed by atoms with Gasteiger partial charge in [0.15, 0.2) is 0 Å². The van der Waals surface area contributed by atoms with Gasteiger partial charge in [0.05, 0.1) is 0 Å². The van der Waals surface area contributed by atoms with Gasteiger partial charge in [0.1, 0.15) is 0 Å². The molecule has 6 nitrogen and oxygen atoms in total. The van der Waals surface area contributed by atoms with Crippen LogP contribution in [-0.4, -0.2) is 18.3 Å². The molecule has 0 aliphatic heterocycles. The molecule has 0 aromatic heterocycles. The molecule has 0 spiro atoms. The van der Waals surface area contributed by atoms with Crippen LogP contribution in [0.1, 0.15) is 0 Å². The quantitative estimate of drug-likeness (QED) is 0.359. The fraction of sp³-hybridized carbons (Fsp3) is 0. The van der Waals surface area contributed by atoms with Crippen molar-refractivity contribution in [3.05, 3.63) is 0 Å². The molecule has 0 saturated heterocycles. The zero-order chi connectivity index (χ0) is 7.15. The number of hydrogen-bond acceptors (Lipinski definition) is 6. The van der Waals surface area contributed by atoms with Crippen molar-refractivity contribution in [2.24, 2.45) is 0 Å². The van der Waals surface area contributed by atoms with Crippen molar-refractivity contribution in [3.8, 4) is 0 Å². The van der Waals surface area contributed by atoms with E-state index in [4.69, 9.17) is 28.1 Å². The number of hydrogen-bond donors (Lipinski definition) is 0. The maximum absolute atomic E-state index is 8.52. The minimum atomic E-state index is -3.63. The number of rotatable bonds is 0. The van der Waals surface area contributed by atoms with Gasteiger partial charge in [-0.15, -0.1) is 0 Å². The van der Waals surface area contributed by atoms with E-state index in [2.05, 4.69) is 0 Å². The van der Waals surface area contributed by atoms with E-state index in [1.165, 1.54) is 0 Å². The van der Waals surface area contributed by atoms with E-state index in [-0.39, 0.29) is 52.0 Å². The first-order valence-electron chi connectivity index (χ1n) is 1.22. The van der Waals surface area contributed by atoms with Crippen LogP contribution in [0, 0.1) is 0 Å². The summed E-state index contributed by atoms with van der Waals surface area (Å²) < 4.78 is 17.0. The molecule has 0 rings (SSSR count). The molecular formula is HfO6Si2Zr. The van der Waals surface area contributed by atoms with E-state index in [1.807, 2.05) is 0 Å². The van der Waals surface area contributed by atoms with Crippen molar-refractivity contribution in [2.75, 3.05) is 0 Å². The van der Waals surface area contributed by atoms with Gasteiger partial charge in [0.25, 0.3) is 0 Å². The maximum atomic E-state index is 8.52. The predicted molar refractivity (Wildman–Crippen MR) is 12.9 cm³/mol. The molecule has 0 saturated carbocycles. The van der Waals surface area contributed by atoms with E-state index in [1.54, 1.807) is 0 Å². The van der Waals surface area contributed by atoms with E-state index in [0.29, 0.717) is 0 Å². The van der Waals surface area contributed by atoms with E-state index in [9.17, 15) is 0 Å². The summed E-state index contributed by atoms with van der Waals surface area (Å²) >= 11 is 0. The van der Waals surface area contributed by atoms with Gasteiger partial charge in [-0.1, -0.05) is 0 Å². The minimum Gasteiger partial charge on any atom is -0.672 e. The predicted octanol–water partition coefficient (Wildman–Crippen LogP) is -5.76. The van der Waals surface area contributed by atoms with Crippen LogP contribution < -0.4 is 19.2 Å². The van der Waals surface area contributed by atoms with E-state index in [0.717, 1.165) is 0 Å². The molecule has 0 unspecified atom stereocenters. The van der Waals surface area contributed by atoms with Crippen molar-refractivity contribution in [1.82, 2.24) is 0 Å². The van der Waals surface area contributed by atoms with Crippen molar-refractivity contribution >= 4 is 18.3 Å². The first-order chi connectivity index (χ1) is 3.46. The molecule has 10 heavy (non-hydrogen) atoms. The monoisotopic (exact) mass is 422 g/mol. The minimum absolute atomic E-state index is 0. The molecule has 0 aromatic carbocycles. The fourth-order valence-electron chi connectivity index (χ4n) is 0. The van der Waals surface area contributed by atoms with Crippen LogP contribution in [0.15, 0.2) is 0 Å². The molecule has 0 heterocycles. The van der Waals surface area contributed by atoms with Crippen LogP contribution in [0.3, 0.4) is 0 Å². The Labute approximate surface area is 97.6 Å². The van der Waals surface area contributed by atoms with Gasteiger partial charge in [-0.3, -0.25) is 0 Å². The standard InChI is InChI=1S/Hf.2O3Si.Zr/c;2*1-4(2)3;/q;2*-2;+4. The molecule has 0 aliphatic carbocycles. The summed E-state index contributed by atoms with van der Waals surface area (Å²) in [5.74, 6) is 0. The summed E-state index contributed by atoms with van der Waals surface area (Å²) in [5.41, 5.74) is 0. The van der Waals surface area contributed by atoms with E-state index >= 15 is 0 Å². The van der Waals surface area contributed by atoms with Crippen molar-refractivity contribution < 1.29 is 80.2 Å². The Morgan fingerprint density at radius 1 is 0.800 bits per heavy atom. The molecule has 0 radical (unpaired) electrons. The molecule has 0 bridgehead atoms. The van der Waals surface area contributed by atoms with Gasteiger partial charge >= 0.3 is 26.2 Å². The van der Waals surface area contributed by atoms with Crippen LogP contribution >= 0.6 is 0 Å². The zero-order valence-electron chi connectivity index (χ0n) is 4.45. The average molecular weight is 422 g/mol. The van der Waals surface area contributed by atoms with Gasteiger partial charge < -0.3 is 28.1 Å². The first kappa shape index (κ1) is 22.4. The molecule has 0 aliphatic rings.